The number of nitrogens with one attached hydrogen (secondary N) is 8. The summed E-state index contributed by atoms with van der Waals surface area (Å²) in [6.45, 7) is 0. The number of aromatic amines is 3. The molecule has 0 saturated heterocycles. The van der Waals surface area contributed by atoms with E-state index in [1.807, 2.05) is 54.6 Å². The highest BCUT2D eigenvalue weighted by molar-refractivity contribution is 6.29. The Kier molecular flexibility index (Phi) is 18.9. The van der Waals surface area contributed by atoms with Gasteiger partial charge in [-0.2, -0.15) is 15.3 Å². The molecule has 28 heteroatoms. The molecule has 0 aliphatic heterocycles. The Morgan fingerprint density at radius 1 is 0.439 bits per heavy atom. The topological polar surface area (TPSA) is 457 Å². The summed E-state index contributed by atoms with van der Waals surface area (Å²) in [6.07, 6.45) is 22.8. The summed E-state index contributed by atoms with van der Waals surface area (Å²) in [5.41, 5.74) is 45.1. The van der Waals surface area contributed by atoms with Crippen LogP contribution < -0.4 is 66.7 Å². The Labute approximate surface area is 475 Å². The van der Waals surface area contributed by atoms with Gasteiger partial charge in [-0.05, 0) is 93.1 Å². The fourth-order valence-electron chi connectivity index (χ4n) is 9.80. The molecular formula is C54H67ClN24O3. The average Bonchev–Trinajstić information content (AvgIpc) is 4.40. The zero-order valence-electron chi connectivity index (χ0n) is 44.8. The van der Waals surface area contributed by atoms with Crippen LogP contribution in [0.4, 0.5) is 46.2 Å². The first-order valence-corrected chi connectivity index (χ1v) is 27.3. The molecule has 6 atom stereocenters. The number of amides is 3. The summed E-state index contributed by atoms with van der Waals surface area (Å²) in [5, 5.41) is 39.5. The third-order valence-electron chi connectivity index (χ3n) is 14.3. The van der Waals surface area contributed by atoms with Crippen LogP contribution in [-0.4, -0.2) is 114 Å². The molecule has 27 nitrogen and oxygen atoms in total. The van der Waals surface area contributed by atoms with Gasteiger partial charge >= 0.3 is 0 Å². The highest BCUT2D eigenvalue weighted by Gasteiger charge is 2.25. The van der Waals surface area contributed by atoms with Crippen molar-refractivity contribution < 1.29 is 14.4 Å². The van der Waals surface area contributed by atoms with Gasteiger partial charge in [0.15, 0.2) is 34.5 Å². The quantitative estimate of drug-likeness (QED) is 0.0646. The number of benzene rings is 3. The predicted molar refractivity (Wildman–Crippen MR) is 317 cm³/mol. The summed E-state index contributed by atoms with van der Waals surface area (Å²) in [7, 11) is 0. The molecule has 3 aliphatic carbocycles. The van der Waals surface area contributed by atoms with E-state index in [-0.39, 0.29) is 64.3 Å². The molecule has 0 bridgehead atoms. The van der Waals surface area contributed by atoms with Gasteiger partial charge in [0.2, 0.25) is 0 Å². The molecule has 82 heavy (non-hydrogen) atoms. The number of aromatic nitrogens is 12. The molecule has 0 spiro atoms. The van der Waals surface area contributed by atoms with Crippen molar-refractivity contribution in [1.82, 2.24) is 60.5 Å². The molecule has 6 heterocycles. The van der Waals surface area contributed by atoms with E-state index in [1.165, 1.54) is 31.4 Å². The number of rotatable bonds is 13. The standard InChI is InChI=1S/2C18H22N8O.C12H9ClN6O.C6H14N2/c2*19-12-3-1-2-4-14(12)24-15-9-21-16(17(20)27)18(25-15)23-11-5-6-13-10(7-11)8-22-26-13;13-9-5-15-10(11(14)20)12(18-9)17-7-1-2-8-6(3-7)4-16-19-8;7-5-3-1-2-4-6(5)8/h2*5-9,12,14H,1-4,19H2,(H2,20,27)(H,22,26)(H2,23,24,25);1-5H,(H2,14,20)(H,16,19)(H,17,18);5-6H,1-4,7-8H2/t2*12-,14+;;5-,6+/m00../s1. The fourth-order valence-corrected chi connectivity index (χ4v) is 9.94. The van der Waals surface area contributed by atoms with Crippen molar-refractivity contribution in [3.05, 3.63) is 114 Å². The highest BCUT2D eigenvalue weighted by Crippen LogP contribution is 2.28. The van der Waals surface area contributed by atoms with Crippen molar-refractivity contribution in [2.75, 3.05) is 26.6 Å². The number of nitrogens with zero attached hydrogens (tertiary/aromatic N) is 9. The van der Waals surface area contributed by atoms with E-state index in [0.29, 0.717) is 23.3 Å². The average molecular weight is 1140 g/mol. The Hall–Kier alpha value is -9.15. The number of hydrogen-bond acceptors (Lipinski definition) is 21. The van der Waals surface area contributed by atoms with Crippen molar-refractivity contribution in [3.63, 3.8) is 0 Å². The van der Waals surface area contributed by atoms with Gasteiger partial charge in [0.25, 0.3) is 17.7 Å². The van der Waals surface area contributed by atoms with Crippen LogP contribution in [0.2, 0.25) is 5.15 Å². The maximum Gasteiger partial charge on any atom is 0.271 e. The molecular weight excluding hydrogens is 1070 g/mol. The van der Waals surface area contributed by atoms with Crippen LogP contribution in [0.3, 0.4) is 0 Å². The lowest BCUT2D eigenvalue weighted by molar-refractivity contribution is 0.0987. The zero-order valence-corrected chi connectivity index (χ0v) is 45.5. The van der Waals surface area contributed by atoms with E-state index in [0.717, 1.165) is 114 Å². The first-order valence-electron chi connectivity index (χ1n) is 27.0. The van der Waals surface area contributed by atoms with Crippen LogP contribution in [-0.2, 0) is 0 Å². The number of halogens is 1. The van der Waals surface area contributed by atoms with Crippen molar-refractivity contribution in [2.24, 2.45) is 40.1 Å². The monoisotopic (exact) mass is 1130 g/mol. The van der Waals surface area contributed by atoms with Gasteiger partial charge in [-0.15, -0.1) is 0 Å². The third-order valence-corrected chi connectivity index (χ3v) is 14.5. The summed E-state index contributed by atoms with van der Waals surface area (Å²) in [6, 6.07) is 17.9. The maximum absolute atomic E-state index is 11.8. The zero-order chi connectivity index (χ0) is 57.7. The molecule has 3 amide bonds. The van der Waals surface area contributed by atoms with Crippen LogP contribution in [0, 0.1) is 0 Å². The van der Waals surface area contributed by atoms with Gasteiger partial charge < -0.3 is 66.7 Å². The Bertz CT molecular complexity index is 3480. The molecule has 6 aromatic heterocycles. The van der Waals surface area contributed by atoms with Crippen LogP contribution in [0.1, 0.15) is 109 Å². The summed E-state index contributed by atoms with van der Waals surface area (Å²) < 4.78 is 0. The van der Waals surface area contributed by atoms with Crippen LogP contribution in [0.25, 0.3) is 32.7 Å². The third kappa shape index (κ3) is 15.0. The van der Waals surface area contributed by atoms with E-state index in [1.54, 1.807) is 18.6 Å². The molecule has 0 radical (unpaired) electrons. The molecule has 3 aromatic carbocycles. The first-order chi connectivity index (χ1) is 39.6. The highest BCUT2D eigenvalue weighted by atomic mass is 35.5. The molecule has 3 fully saturated rings. The van der Waals surface area contributed by atoms with Gasteiger partial charge in [0, 0.05) is 69.5 Å². The Balaban J connectivity index is 0.000000140. The lowest BCUT2D eigenvalue weighted by Gasteiger charge is -2.29. The van der Waals surface area contributed by atoms with Gasteiger partial charge in [-0.1, -0.05) is 50.1 Å². The minimum Gasteiger partial charge on any atom is -0.364 e. The number of anilines is 8. The molecule has 12 rings (SSSR count). The van der Waals surface area contributed by atoms with E-state index < -0.39 is 17.7 Å². The normalized spacial score (nSPS) is 19.5. The second-order valence-corrected chi connectivity index (χ2v) is 20.7. The SMILES string of the molecule is NC(=O)c1ncc(Cl)nc1Nc1ccc2[nH]ncc2c1.NC(=O)c1ncc(N[C@@H]2CCCC[C@@H]2N)nc1Nc1ccc2[nH]ncc2c1.NC(=O)c1ncc(N[C@@H]2CCCC[C@@H]2N)nc1Nc1ccc2[nH]ncc2c1.N[C@@H]1CCCC[C@@H]1N. The van der Waals surface area contributed by atoms with E-state index >= 15 is 0 Å². The number of carbonyl (C=O) groups is 3. The Morgan fingerprint density at radius 2 is 0.768 bits per heavy atom. The first kappa shape index (κ1) is 57.5. The predicted octanol–water partition coefficient (Wildman–Crippen LogP) is 5.82. The largest absolute Gasteiger partial charge is 0.364 e. The molecule has 0 unspecified atom stereocenters. The number of nitrogens with two attached hydrogens (primary N) is 7. The van der Waals surface area contributed by atoms with Crippen molar-refractivity contribution in [3.8, 4) is 0 Å². The van der Waals surface area contributed by atoms with Crippen molar-refractivity contribution >= 4 is 108 Å². The minimum atomic E-state index is -0.680. The van der Waals surface area contributed by atoms with Gasteiger partial charge in [0.05, 0.1) is 53.7 Å². The molecule has 3 aliphatic rings. The van der Waals surface area contributed by atoms with Crippen LogP contribution in [0.5, 0.6) is 0 Å². The number of hydrogen-bond donors (Lipinski definition) is 15. The van der Waals surface area contributed by atoms with Gasteiger partial charge in [-0.3, -0.25) is 29.7 Å². The maximum atomic E-state index is 11.8. The van der Waals surface area contributed by atoms with Crippen molar-refractivity contribution in [2.45, 2.75) is 113 Å². The number of carbonyl (C=O) groups excluding carboxylic acids is 3. The summed E-state index contributed by atoms with van der Waals surface area (Å²) in [4.78, 5) is 60.2. The number of H-pyrrole nitrogens is 3. The van der Waals surface area contributed by atoms with E-state index in [4.69, 9.17) is 51.7 Å². The minimum absolute atomic E-state index is 0.0293. The molecule has 22 N–H and O–H groups in total. The van der Waals surface area contributed by atoms with Crippen molar-refractivity contribution in [1.29, 1.82) is 0 Å². The smallest absolute Gasteiger partial charge is 0.271 e. The second kappa shape index (κ2) is 26.9. The lowest BCUT2D eigenvalue weighted by atomic mass is 9.91. The summed E-state index contributed by atoms with van der Waals surface area (Å²) in [5.74, 6) is -0.0116. The molecule has 428 valence electrons. The lowest BCUT2D eigenvalue weighted by Crippen LogP contribution is -2.43. The second-order valence-electron chi connectivity index (χ2n) is 20.3. The Morgan fingerprint density at radius 3 is 1.11 bits per heavy atom. The molecule has 9 aromatic rings. The van der Waals surface area contributed by atoms with Crippen LogP contribution in [0.15, 0.2) is 91.8 Å². The molecule has 3 saturated carbocycles. The van der Waals surface area contributed by atoms with Crippen LogP contribution >= 0.6 is 11.6 Å². The summed E-state index contributed by atoms with van der Waals surface area (Å²) >= 11 is 5.78. The van der Waals surface area contributed by atoms with Gasteiger partial charge in [0.1, 0.15) is 16.8 Å². The fraction of sp³-hybridized carbons (Fsp3) is 0.333. The van der Waals surface area contributed by atoms with E-state index in [2.05, 4.69) is 87.1 Å². The van der Waals surface area contributed by atoms with Gasteiger partial charge in [-0.25, -0.2) is 29.9 Å². The number of fused-ring (bicyclic) bond motifs is 3. The number of primary amides is 3. The van der Waals surface area contributed by atoms with E-state index in [9.17, 15) is 14.4 Å².